The molecule has 0 heterocycles. The Morgan fingerprint density at radius 1 is 1.47 bits per heavy atom. The van der Waals surface area contributed by atoms with Crippen LogP contribution in [0.5, 0.6) is 0 Å². The standard InChI is InChI=1S/C16H23NO2/c1-11-6-3-4-8-13(11)14-10-15(14)16(19)17-12(2)7-5-9-18/h3-4,6,8,12,14-15,18H,5,7,9-10H2,1-2H3,(H,17,19)/t12-,14+,15-/m1/s1. The highest BCUT2D eigenvalue weighted by atomic mass is 16.3. The van der Waals surface area contributed by atoms with Crippen molar-refractivity contribution in [3.8, 4) is 0 Å². The monoisotopic (exact) mass is 261 g/mol. The van der Waals surface area contributed by atoms with Crippen LogP contribution in [0, 0.1) is 12.8 Å². The van der Waals surface area contributed by atoms with Gasteiger partial charge in [0.15, 0.2) is 0 Å². The van der Waals surface area contributed by atoms with Crippen molar-refractivity contribution in [3.05, 3.63) is 35.4 Å². The van der Waals surface area contributed by atoms with E-state index >= 15 is 0 Å². The third kappa shape index (κ3) is 3.57. The van der Waals surface area contributed by atoms with Crippen LogP contribution < -0.4 is 5.32 Å². The minimum absolute atomic E-state index is 0.137. The maximum atomic E-state index is 12.1. The van der Waals surface area contributed by atoms with Gasteiger partial charge in [0.2, 0.25) is 5.91 Å². The Kier molecular flexibility index (Phi) is 4.59. The molecule has 1 saturated carbocycles. The highest BCUT2D eigenvalue weighted by molar-refractivity contribution is 5.83. The molecule has 1 aliphatic rings. The molecule has 0 radical (unpaired) electrons. The molecule has 1 aromatic rings. The summed E-state index contributed by atoms with van der Waals surface area (Å²) in [5.41, 5.74) is 2.58. The predicted octanol–water partition coefficient (Wildman–Crippen LogP) is 2.38. The molecule has 0 saturated heterocycles. The lowest BCUT2D eigenvalue weighted by Crippen LogP contribution is -2.34. The molecule has 3 heteroatoms. The van der Waals surface area contributed by atoms with Crippen molar-refractivity contribution in [2.24, 2.45) is 5.92 Å². The van der Waals surface area contributed by atoms with Crippen molar-refractivity contribution < 1.29 is 9.90 Å². The van der Waals surface area contributed by atoms with E-state index in [2.05, 4.69) is 24.4 Å². The zero-order valence-electron chi connectivity index (χ0n) is 11.7. The van der Waals surface area contributed by atoms with Crippen LogP contribution in [0.2, 0.25) is 0 Å². The Hall–Kier alpha value is -1.35. The van der Waals surface area contributed by atoms with Crippen molar-refractivity contribution in [3.63, 3.8) is 0 Å². The summed E-state index contributed by atoms with van der Waals surface area (Å²) >= 11 is 0. The van der Waals surface area contributed by atoms with Gasteiger partial charge in [0.25, 0.3) is 0 Å². The molecule has 3 atom stereocenters. The lowest BCUT2D eigenvalue weighted by Gasteiger charge is -2.13. The molecule has 2 N–H and O–H groups in total. The molecular weight excluding hydrogens is 238 g/mol. The second-order valence-electron chi connectivity index (χ2n) is 5.58. The lowest BCUT2D eigenvalue weighted by atomic mass is 10.0. The van der Waals surface area contributed by atoms with E-state index in [1.165, 1.54) is 11.1 Å². The summed E-state index contributed by atoms with van der Waals surface area (Å²) in [7, 11) is 0. The highest BCUT2D eigenvalue weighted by Crippen LogP contribution is 2.48. The van der Waals surface area contributed by atoms with E-state index in [1.807, 2.05) is 19.1 Å². The summed E-state index contributed by atoms with van der Waals surface area (Å²) < 4.78 is 0. The van der Waals surface area contributed by atoms with Gasteiger partial charge in [-0.3, -0.25) is 4.79 Å². The van der Waals surface area contributed by atoms with E-state index in [9.17, 15) is 4.79 Å². The third-order valence-corrected chi connectivity index (χ3v) is 3.90. The second kappa shape index (κ2) is 6.20. The van der Waals surface area contributed by atoms with Gasteiger partial charge in [-0.2, -0.15) is 0 Å². The fourth-order valence-electron chi connectivity index (χ4n) is 2.65. The predicted molar refractivity (Wildman–Crippen MR) is 76.0 cm³/mol. The van der Waals surface area contributed by atoms with Gasteiger partial charge in [-0.25, -0.2) is 0 Å². The van der Waals surface area contributed by atoms with Crippen LogP contribution in [0.4, 0.5) is 0 Å². The maximum absolute atomic E-state index is 12.1. The molecular formula is C16H23NO2. The van der Waals surface area contributed by atoms with E-state index in [4.69, 9.17) is 5.11 Å². The summed E-state index contributed by atoms with van der Waals surface area (Å²) in [5.74, 6) is 0.697. The van der Waals surface area contributed by atoms with Gasteiger partial charge in [0, 0.05) is 18.6 Å². The first-order valence-electron chi connectivity index (χ1n) is 7.10. The maximum Gasteiger partial charge on any atom is 0.223 e. The molecule has 1 fully saturated rings. The van der Waals surface area contributed by atoms with Crippen molar-refractivity contribution in [1.29, 1.82) is 0 Å². The molecule has 1 aliphatic carbocycles. The fourth-order valence-corrected chi connectivity index (χ4v) is 2.65. The highest BCUT2D eigenvalue weighted by Gasteiger charge is 2.44. The number of hydrogen-bond acceptors (Lipinski definition) is 2. The zero-order valence-corrected chi connectivity index (χ0v) is 11.7. The van der Waals surface area contributed by atoms with Crippen molar-refractivity contribution in [2.75, 3.05) is 6.61 Å². The first kappa shape index (κ1) is 14.1. The number of carbonyl (C=O) groups excluding carboxylic acids is 1. The van der Waals surface area contributed by atoms with Crippen LogP contribution in [0.25, 0.3) is 0 Å². The van der Waals surface area contributed by atoms with Crippen LogP contribution in [0.3, 0.4) is 0 Å². The molecule has 0 unspecified atom stereocenters. The van der Waals surface area contributed by atoms with Gasteiger partial charge in [-0.05, 0) is 50.2 Å². The number of rotatable bonds is 6. The van der Waals surface area contributed by atoms with Crippen molar-refractivity contribution >= 4 is 5.91 Å². The quantitative estimate of drug-likeness (QED) is 0.826. The first-order chi connectivity index (χ1) is 9.13. The van der Waals surface area contributed by atoms with E-state index in [0.717, 1.165) is 19.3 Å². The number of nitrogens with one attached hydrogen (secondary N) is 1. The minimum atomic E-state index is 0.137. The van der Waals surface area contributed by atoms with Crippen LogP contribution >= 0.6 is 0 Å². The number of hydrogen-bond donors (Lipinski definition) is 2. The molecule has 19 heavy (non-hydrogen) atoms. The largest absolute Gasteiger partial charge is 0.396 e. The summed E-state index contributed by atoms with van der Waals surface area (Å²) in [6, 6.07) is 8.46. The Labute approximate surface area is 115 Å². The van der Waals surface area contributed by atoms with Gasteiger partial charge < -0.3 is 10.4 Å². The van der Waals surface area contributed by atoms with Crippen LogP contribution in [0.15, 0.2) is 24.3 Å². The zero-order chi connectivity index (χ0) is 13.8. The molecule has 1 aromatic carbocycles. The topological polar surface area (TPSA) is 49.3 Å². The Balaban J connectivity index is 1.85. The lowest BCUT2D eigenvalue weighted by molar-refractivity contribution is -0.123. The molecule has 1 amide bonds. The van der Waals surface area contributed by atoms with Crippen LogP contribution in [0.1, 0.15) is 43.2 Å². The first-order valence-corrected chi connectivity index (χ1v) is 7.10. The van der Waals surface area contributed by atoms with Crippen molar-refractivity contribution in [1.82, 2.24) is 5.32 Å². The minimum Gasteiger partial charge on any atom is -0.396 e. The van der Waals surface area contributed by atoms with Gasteiger partial charge >= 0.3 is 0 Å². The summed E-state index contributed by atoms with van der Waals surface area (Å²) in [5, 5.41) is 11.8. The number of amides is 1. The molecule has 104 valence electrons. The Morgan fingerprint density at radius 3 is 2.89 bits per heavy atom. The second-order valence-corrected chi connectivity index (χ2v) is 5.58. The van der Waals surface area contributed by atoms with Crippen molar-refractivity contribution in [2.45, 2.75) is 45.1 Å². The summed E-state index contributed by atoms with van der Waals surface area (Å²) in [4.78, 5) is 12.1. The molecule has 2 rings (SSSR count). The SMILES string of the molecule is Cc1ccccc1[C@@H]1C[C@H]1C(=O)N[C@H](C)CCCO. The van der Waals surface area contributed by atoms with E-state index in [-0.39, 0.29) is 24.5 Å². The number of aryl methyl sites for hydroxylation is 1. The van der Waals surface area contributed by atoms with Gasteiger partial charge in [0.1, 0.15) is 0 Å². The van der Waals surface area contributed by atoms with Crippen LogP contribution in [-0.4, -0.2) is 23.7 Å². The normalized spacial score (nSPS) is 22.9. The number of benzene rings is 1. The number of aliphatic hydroxyl groups is 1. The van der Waals surface area contributed by atoms with Gasteiger partial charge in [-0.15, -0.1) is 0 Å². The van der Waals surface area contributed by atoms with E-state index in [1.54, 1.807) is 0 Å². The van der Waals surface area contributed by atoms with E-state index < -0.39 is 0 Å². The molecule has 0 bridgehead atoms. The Morgan fingerprint density at radius 2 is 2.21 bits per heavy atom. The summed E-state index contributed by atoms with van der Waals surface area (Å²) in [6.07, 6.45) is 2.54. The molecule has 3 nitrogen and oxygen atoms in total. The number of aliphatic hydroxyl groups excluding tert-OH is 1. The summed E-state index contributed by atoms with van der Waals surface area (Å²) in [6.45, 7) is 4.29. The third-order valence-electron chi connectivity index (χ3n) is 3.90. The smallest absolute Gasteiger partial charge is 0.223 e. The fraction of sp³-hybridized carbons (Fsp3) is 0.562. The average Bonchev–Trinajstić information content (AvgIpc) is 3.17. The number of carbonyl (C=O) groups is 1. The Bertz CT molecular complexity index is 444. The van der Waals surface area contributed by atoms with Gasteiger partial charge in [-0.1, -0.05) is 24.3 Å². The molecule has 0 spiro atoms. The molecule has 0 aromatic heterocycles. The van der Waals surface area contributed by atoms with E-state index in [0.29, 0.717) is 5.92 Å². The van der Waals surface area contributed by atoms with Gasteiger partial charge in [0.05, 0.1) is 0 Å². The molecule has 0 aliphatic heterocycles. The average molecular weight is 261 g/mol. The van der Waals surface area contributed by atoms with Crippen LogP contribution in [-0.2, 0) is 4.79 Å².